The molecule has 0 radical (unpaired) electrons. The van der Waals surface area contributed by atoms with Crippen molar-refractivity contribution >= 4 is 33.8 Å². The molecule has 1 aromatic carbocycles. The fraction of sp³-hybridized carbons (Fsp3) is 0.250. The number of rotatable bonds is 1. The molecule has 1 atom stereocenters. The van der Waals surface area contributed by atoms with Gasteiger partial charge < -0.3 is 4.98 Å². The monoisotopic (exact) mass is 314 g/mol. The second-order valence-corrected chi connectivity index (χ2v) is 6.74. The van der Waals surface area contributed by atoms with E-state index in [1.54, 1.807) is 4.57 Å². The second-order valence-electron chi connectivity index (χ2n) is 5.43. The number of aromatic nitrogens is 2. The second kappa shape index (κ2) is 4.93. The number of nitrogens with zero attached hydrogens (tertiary/aromatic N) is 1. The summed E-state index contributed by atoms with van der Waals surface area (Å²) in [5, 5.41) is 1.93. The van der Waals surface area contributed by atoms with E-state index in [0.29, 0.717) is 4.77 Å². The summed E-state index contributed by atoms with van der Waals surface area (Å²) < 4.78 is 3.09. The summed E-state index contributed by atoms with van der Waals surface area (Å²) in [4.78, 5) is 15.9. The first-order valence-corrected chi connectivity index (χ1v) is 8.31. The average Bonchev–Trinajstić information content (AvgIpc) is 2.95. The predicted octanol–water partition coefficient (Wildman–Crippen LogP) is 3.85. The largest absolute Gasteiger partial charge is 0.331 e. The maximum atomic E-state index is 12.7. The first kappa shape index (κ1) is 13.0. The highest BCUT2D eigenvalue weighted by Gasteiger charge is 2.22. The fourth-order valence-electron chi connectivity index (χ4n) is 3.18. The number of benzene rings is 1. The fourth-order valence-corrected chi connectivity index (χ4v) is 4.31. The Morgan fingerprint density at radius 3 is 2.90 bits per heavy atom. The molecule has 0 saturated heterocycles. The molecule has 1 unspecified atom stereocenters. The molecule has 2 aromatic heterocycles. The van der Waals surface area contributed by atoms with Crippen LogP contribution in [0.25, 0.3) is 10.2 Å². The molecule has 21 heavy (non-hydrogen) atoms. The molecule has 0 fully saturated rings. The maximum Gasteiger partial charge on any atom is 0.272 e. The Labute approximate surface area is 130 Å². The molecule has 2 heterocycles. The Bertz CT molecular complexity index is 935. The number of aromatic amines is 1. The number of hydrogen-bond acceptors (Lipinski definition) is 3. The Morgan fingerprint density at radius 1 is 1.24 bits per heavy atom. The topological polar surface area (TPSA) is 37.8 Å². The van der Waals surface area contributed by atoms with Crippen molar-refractivity contribution in [1.29, 1.82) is 0 Å². The van der Waals surface area contributed by atoms with E-state index >= 15 is 0 Å². The summed E-state index contributed by atoms with van der Waals surface area (Å²) in [6.07, 6.45) is 2.85. The molecule has 106 valence electrons. The number of aryl methyl sites for hydroxylation is 1. The average molecular weight is 314 g/mol. The number of thiophene rings is 1. The predicted molar refractivity (Wildman–Crippen MR) is 88.8 cm³/mol. The van der Waals surface area contributed by atoms with E-state index in [2.05, 4.69) is 29.2 Å². The van der Waals surface area contributed by atoms with Crippen LogP contribution in [-0.4, -0.2) is 9.55 Å². The van der Waals surface area contributed by atoms with Crippen LogP contribution in [0.3, 0.4) is 0 Å². The standard InChI is InChI=1S/C16H14N2OS2/c19-15-14-13(7-8-21-14)17-16(20)18(15)12-6-5-10-3-1-2-4-11(10)9-12/h1-4,7-8,12H,5-6,9H2,(H,17,20). The molecule has 0 saturated carbocycles. The van der Waals surface area contributed by atoms with Crippen LogP contribution in [0.1, 0.15) is 23.6 Å². The summed E-state index contributed by atoms with van der Waals surface area (Å²) >= 11 is 6.90. The van der Waals surface area contributed by atoms with E-state index in [0.717, 1.165) is 29.5 Å². The zero-order chi connectivity index (χ0) is 14.4. The van der Waals surface area contributed by atoms with Gasteiger partial charge in [-0.3, -0.25) is 9.36 Å². The lowest BCUT2D eigenvalue weighted by Crippen LogP contribution is -2.29. The molecule has 1 N–H and O–H groups in total. The maximum absolute atomic E-state index is 12.7. The number of H-pyrrole nitrogens is 1. The third-order valence-electron chi connectivity index (χ3n) is 4.22. The SMILES string of the molecule is O=c1c2sccc2[nH]c(=S)n1C1CCc2ccccc2C1. The van der Waals surface area contributed by atoms with E-state index in [9.17, 15) is 4.79 Å². The molecule has 0 aliphatic heterocycles. The highest BCUT2D eigenvalue weighted by atomic mass is 32.1. The lowest BCUT2D eigenvalue weighted by molar-refractivity contribution is 0.425. The van der Waals surface area contributed by atoms with Crippen molar-refractivity contribution in [1.82, 2.24) is 9.55 Å². The van der Waals surface area contributed by atoms with Crippen molar-refractivity contribution < 1.29 is 0 Å². The molecule has 1 aliphatic rings. The van der Waals surface area contributed by atoms with Crippen LogP contribution in [0.5, 0.6) is 0 Å². The van der Waals surface area contributed by atoms with Gasteiger partial charge in [0.1, 0.15) is 4.70 Å². The van der Waals surface area contributed by atoms with Crippen molar-refractivity contribution in [2.24, 2.45) is 0 Å². The van der Waals surface area contributed by atoms with Crippen molar-refractivity contribution in [3.63, 3.8) is 0 Å². The van der Waals surface area contributed by atoms with Crippen LogP contribution in [0.2, 0.25) is 0 Å². The molecular weight excluding hydrogens is 300 g/mol. The van der Waals surface area contributed by atoms with Gasteiger partial charge in [-0.15, -0.1) is 11.3 Å². The number of fused-ring (bicyclic) bond motifs is 2. The van der Waals surface area contributed by atoms with Gasteiger partial charge in [0.05, 0.1) is 5.52 Å². The summed E-state index contributed by atoms with van der Waals surface area (Å²) in [5.74, 6) is 0. The van der Waals surface area contributed by atoms with Crippen LogP contribution in [0.15, 0.2) is 40.5 Å². The van der Waals surface area contributed by atoms with Crippen molar-refractivity contribution in [3.05, 3.63) is 62.0 Å². The van der Waals surface area contributed by atoms with Crippen LogP contribution in [-0.2, 0) is 12.8 Å². The van der Waals surface area contributed by atoms with Crippen molar-refractivity contribution in [2.75, 3.05) is 0 Å². The van der Waals surface area contributed by atoms with Gasteiger partial charge in [0.2, 0.25) is 0 Å². The molecule has 0 spiro atoms. The van der Waals surface area contributed by atoms with Crippen molar-refractivity contribution in [2.45, 2.75) is 25.3 Å². The summed E-state index contributed by atoms with van der Waals surface area (Å²) in [6.45, 7) is 0. The molecule has 4 rings (SSSR count). The lowest BCUT2D eigenvalue weighted by Gasteiger charge is -2.26. The van der Waals surface area contributed by atoms with E-state index in [4.69, 9.17) is 12.2 Å². The molecule has 0 bridgehead atoms. The van der Waals surface area contributed by atoms with Gasteiger partial charge in [-0.1, -0.05) is 24.3 Å². The third-order valence-corrected chi connectivity index (χ3v) is 5.43. The van der Waals surface area contributed by atoms with Gasteiger partial charge in [-0.2, -0.15) is 0 Å². The minimum Gasteiger partial charge on any atom is -0.331 e. The number of nitrogens with one attached hydrogen (secondary N) is 1. The summed E-state index contributed by atoms with van der Waals surface area (Å²) in [7, 11) is 0. The minimum atomic E-state index is 0.0492. The summed E-state index contributed by atoms with van der Waals surface area (Å²) in [5.41, 5.74) is 3.63. The quantitative estimate of drug-likeness (QED) is 0.693. The first-order valence-electron chi connectivity index (χ1n) is 7.03. The third kappa shape index (κ3) is 2.08. The van der Waals surface area contributed by atoms with Gasteiger partial charge in [-0.05, 0) is 54.1 Å². The first-order chi connectivity index (χ1) is 10.2. The highest BCUT2D eigenvalue weighted by molar-refractivity contribution is 7.71. The van der Waals surface area contributed by atoms with Gasteiger partial charge in [0.25, 0.3) is 5.56 Å². The zero-order valence-electron chi connectivity index (χ0n) is 11.3. The van der Waals surface area contributed by atoms with Gasteiger partial charge in [-0.25, -0.2) is 0 Å². The van der Waals surface area contributed by atoms with Crippen LogP contribution in [0, 0.1) is 4.77 Å². The number of hydrogen-bond donors (Lipinski definition) is 1. The van der Waals surface area contributed by atoms with Crippen molar-refractivity contribution in [3.8, 4) is 0 Å². The highest BCUT2D eigenvalue weighted by Crippen LogP contribution is 2.28. The normalized spacial score (nSPS) is 17.8. The van der Waals surface area contributed by atoms with Gasteiger partial charge in [0.15, 0.2) is 4.77 Å². The smallest absolute Gasteiger partial charge is 0.272 e. The molecule has 3 nitrogen and oxygen atoms in total. The summed E-state index contributed by atoms with van der Waals surface area (Å²) in [6, 6.07) is 10.5. The zero-order valence-corrected chi connectivity index (χ0v) is 13.0. The molecular formula is C16H14N2OS2. The van der Waals surface area contributed by atoms with Crippen LogP contribution >= 0.6 is 23.6 Å². The van der Waals surface area contributed by atoms with E-state index in [1.165, 1.54) is 22.5 Å². The molecule has 3 aromatic rings. The Balaban J connectivity index is 1.85. The van der Waals surface area contributed by atoms with Gasteiger partial charge in [0, 0.05) is 6.04 Å². The minimum absolute atomic E-state index is 0.0492. The van der Waals surface area contributed by atoms with Crippen LogP contribution in [0.4, 0.5) is 0 Å². The molecule has 1 aliphatic carbocycles. The van der Waals surface area contributed by atoms with Gasteiger partial charge >= 0.3 is 0 Å². The van der Waals surface area contributed by atoms with Crippen LogP contribution < -0.4 is 5.56 Å². The van der Waals surface area contributed by atoms with E-state index < -0.39 is 0 Å². The van der Waals surface area contributed by atoms with E-state index in [-0.39, 0.29) is 11.6 Å². The molecule has 0 amide bonds. The molecule has 5 heteroatoms. The Morgan fingerprint density at radius 2 is 2.05 bits per heavy atom. The van der Waals surface area contributed by atoms with E-state index in [1.807, 2.05) is 11.4 Å². The Kier molecular flexibility index (Phi) is 3.05. The lowest BCUT2D eigenvalue weighted by atomic mass is 9.88. The Hall–Kier alpha value is -1.72.